The number of rotatable bonds is 12. The first-order valence-corrected chi connectivity index (χ1v) is 11.3. The smallest absolute Gasteiger partial charge is 0.216 e. The first-order valence-electron chi connectivity index (χ1n) is 11.3. The molecule has 2 aromatic rings. The van der Waals surface area contributed by atoms with Gasteiger partial charge in [-0.05, 0) is 47.7 Å². The van der Waals surface area contributed by atoms with E-state index in [0.717, 1.165) is 42.7 Å². The highest BCUT2D eigenvalue weighted by Crippen LogP contribution is 2.24. The van der Waals surface area contributed by atoms with E-state index in [2.05, 4.69) is 67.4 Å². The Morgan fingerprint density at radius 2 is 1.52 bits per heavy atom. The van der Waals surface area contributed by atoms with Crippen molar-refractivity contribution in [1.29, 1.82) is 0 Å². The first-order chi connectivity index (χ1) is 14.3. The van der Waals surface area contributed by atoms with Gasteiger partial charge in [-0.3, -0.25) is 0 Å². The minimum absolute atomic E-state index is 0.691. The second-order valence-corrected chi connectivity index (χ2v) is 8.08. The second-order valence-electron chi connectivity index (χ2n) is 8.08. The highest BCUT2D eigenvalue weighted by molar-refractivity contribution is 5.95. The van der Waals surface area contributed by atoms with Crippen LogP contribution in [0.5, 0.6) is 5.75 Å². The van der Waals surface area contributed by atoms with Crippen LogP contribution in [0.4, 0.5) is 0 Å². The number of hydrogen-bond donors (Lipinski definition) is 0. The molecule has 1 aliphatic rings. The predicted octanol–water partition coefficient (Wildman–Crippen LogP) is 6.90. The average molecular weight is 394 g/mol. The van der Waals surface area contributed by atoms with E-state index in [0.29, 0.717) is 6.61 Å². The fourth-order valence-electron chi connectivity index (χ4n) is 3.72. The number of hydrogen-bond acceptors (Lipinski definition) is 3. The zero-order chi connectivity index (χ0) is 20.3. The molecule has 0 saturated carbocycles. The minimum Gasteiger partial charge on any atom is -0.494 e. The zero-order valence-corrected chi connectivity index (χ0v) is 18.0. The molecule has 1 heterocycles. The van der Waals surface area contributed by atoms with E-state index in [9.17, 15) is 0 Å². The van der Waals surface area contributed by atoms with Crippen molar-refractivity contribution in [3.63, 3.8) is 0 Å². The maximum Gasteiger partial charge on any atom is 0.216 e. The lowest BCUT2D eigenvalue weighted by atomic mass is 9.98. The molecule has 0 amide bonds. The van der Waals surface area contributed by atoms with Crippen molar-refractivity contribution < 1.29 is 9.47 Å². The van der Waals surface area contributed by atoms with Gasteiger partial charge in [0, 0.05) is 5.56 Å². The summed E-state index contributed by atoms with van der Waals surface area (Å²) in [5, 5.41) is 0. The Morgan fingerprint density at radius 3 is 2.17 bits per heavy atom. The topological polar surface area (TPSA) is 30.8 Å². The summed E-state index contributed by atoms with van der Waals surface area (Å²) in [6.45, 7) is 6.92. The van der Waals surface area contributed by atoms with Crippen LogP contribution in [-0.4, -0.2) is 25.7 Å². The molecule has 156 valence electrons. The van der Waals surface area contributed by atoms with Gasteiger partial charge in [-0.15, -0.1) is 0 Å². The summed E-state index contributed by atoms with van der Waals surface area (Å²) in [6, 6.07) is 16.8. The first kappa shape index (κ1) is 21.4. The Kier molecular flexibility index (Phi) is 8.60. The molecule has 1 aliphatic heterocycles. The molecule has 0 N–H and O–H groups in total. The maximum atomic E-state index is 5.92. The van der Waals surface area contributed by atoms with Gasteiger partial charge in [-0.25, -0.2) is 4.99 Å². The lowest BCUT2D eigenvalue weighted by molar-refractivity contribution is 0.302. The summed E-state index contributed by atoms with van der Waals surface area (Å²) < 4.78 is 11.4. The van der Waals surface area contributed by atoms with E-state index in [1.54, 1.807) is 0 Å². The molecule has 0 spiro atoms. The molecule has 0 radical (unpaired) electrons. The van der Waals surface area contributed by atoms with Crippen molar-refractivity contribution in [3.05, 3.63) is 54.1 Å². The molecule has 29 heavy (non-hydrogen) atoms. The Morgan fingerprint density at radius 1 is 0.862 bits per heavy atom. The molecule has 0 fully saturated rings. The third-order valence-electron chi connectivity index (χ3n) is 5.57. The molecule has 2 aromatic carbocycles. The van der Waals surface area contributed by atoms with E-state index in [1.165, 1.54) is 49.7 Å². The summed E-state index contributed by atoms with van der Waals surface area (Å²) in [6.07, 6.45) is 9.13. The van der Waals surface area contributed by atoms with Gasteiger partial charge in [0.25, 0.3) is 0 Å². The number of aliphatic imine (C=N–C) groups is 1. The molecule has 0 aromatic heterocycles. The minimum atomic E-state index is 0.691. The van der Waals surface area contributed by atoms with Crippen LogP contribution in [0.25, 0.3) is 11.1 Å². The van der Waals surface area contributed by atoms with Crippen LogP contribution >= 0.6 is 0 Å². The molecule has 0 saturated heterocycles. The molecular formula is C26H35NO2. The van der Waals surface area contributed by atoms with Crippen molar-refractivity contribution in [1.82, 2.24) is 0 Å². The van der Waals surface area contributed by atoms with Crippen molar-refractivity contribution in [2.75, 3.05) is 19.8 Å². The summed E-state index contributed by atoms with van der Waals surface area (Å²) >= 11 is 0. The van der Waals surface area contributed by atoms with Crippen LogP contribution in [0, 0.1) is 5.92 Å². The fraction of sp³-hybridized carbons (Fsp3) is 0.500. The quantitative estimate of drug-likeness (QED) is 0.367. The molecule has 3 rings (SSSR count). The summed E-state index contributed by atoms with van der Waals surface area (Å²) in [5.41, 5.74) is 3.43. The van der Waals surface area contributed by atoms with Gasteiger partial charge in [0.05, 0.1) is 13.2 Å². The van der Waals surface area contributed by atoms with Crippen LogP contribution in [0.1, 0.15) is 64.4 Å². The lowest BCUT2D eigenvalue weighted by Crippen LogP contribution is -2.00. The SMILES string of the molecule is CCCCC(C)CCCCCOc1ccc(-c2ccc(C3=NCCO3)cc2)cc1. The van der Waals surface area contributed by atoms with Gasteiger partial charge in [0.2, 0.25) is 5.90 Å². The van der Waals surface area contributed by atoms with E-state index in [1.807, 2.05) is 0 Å². The summed E-state index contributed by atoms with van der Waals surface area (Å²) in [5.74, 6) is 2.59. The third kappa shape index (κ3) is 6.92. The fourth-order valence-corrected chi connectivity index (χ4v) is 3.72. The van der Waals surface area contributed by atoms with Gasteiger partial charge < -0.3 is 9.47 Å². The van der Waals surface area contributed by atoms with Gasteiger partial charge in [-0.2, -0.15) is 0 Å². The zero-order valence-electron chi connectivity index (χ0n) is 18.0. The lowest BCUT2D eigenvalue weighted by Gasteiger charge is -2.11. The van der Waals surface area contributed by atoms with E-state index < -0.39 is 0 Å². The largest absolute Gasteiger partial charge is 0.494 e. The van der Waals surface area contributed by atoms with Gasteiger partial charge in [0.1, 0.15) is 12.4 Å². The average Bonchev–Trinajstić information content (AvgIpc) is 3.30. The third-order valence-corrected chi connectivity index (χ3v) is 5.57. The van der Waals surface area contributed by atoms with Crippen LogP contribution in [0.15, 0.2) is 53.5 Å². The maximum absolute atomic E-state index is 5.92. The number of unbranched alkanes of at least 4 members (excludes halogenated alkanes) is 3. The number of nitrogens with zero attached hydrogens (tertiary/aromatic N) is 1. The molecule has 0 bridgehead atoms. The number of ether oxygens (including phenoxy) is 2. The molecule has 0 aliphatic carbocycles. The van der Waals surface area contributed by atoms with Crippen molar-refractivity contribution in [3.8, 4) is 16.9 Å². The summed E-state index contributed by atoms with van der Waals surface area (Å²) in [7, 11) is 0. The highest BCUT2D eigenvalue weighted by atomic mass is 16.5. The van der Waals surface area contributed by atoms with Crippen molar-refractivity contribution >= 4 is 5.90 Å². The summed E-state index contributed by atoms with van der Waals surface area (Å²) in [4.78, 5) is 4.37. The monoisotopic (exact) mass is 393 g/mol. The molecule has 3 heteroatoms. The predicted molar refractivity (Wildman–Crippen MR) is 122 cm³/mol. The van der Waals surface area contributed by atoms with Gasteiger partial charge >= 0.3 is 0 Å². The Hall–Kier alpha value is -2.29. The van der Waals surface area contributed by atoms with Gasteiger partial charge in [-0.1, -0.05) is 76.6 Å². The highest BCUT2D eigenvalue weighted by Gasteiger charge is 2.10. The van der Waals surface area contributed by atoms with E-state index in [-0.39, 0.29) is 0 Å². The standard InChI is InChI=1S/C26H35NO2/c1-3-4-8-21(2)9-6-5-7-19-28-25-16-14-23(15-17-25)22-10-12-24(13-11-22)26-27-18-20-29-26/h10-17,21H,3-9,18-20H2,1-2H3. The Labute approximate surface area is 176 Å². The van der Waals surface area contributed by atoms with Crippen LogP contribution in [0.3, 0.4) is 0 Å². The molecule has 3 nitrogen and oxygen atoms in total. The van der Waals surface area contributed by atoms with Crippen LogP contribution in [-0.2, 0) is 4.74 Å². The molecule has 1 atom stereocenters. The Bertz CT molecular complexity index is 749. The molecule has 1 unspecified atom stereocenters. The van der Waals surface area contributed by atoms with Crippen molar-refractivity contribution in [2.24, 2.45) is 10.9 Å². The van der Waals surface area contributed by atoms with Crippen LogP contribution < -0.4 is 4.74 Å². The van der Waals surface area contributed by atoms with E-state index >= 15 is 0 Å². The van der Waals surface area contributed by atoms with E-state index in [4.69, 9.17) is 9.47 Å². The molecular weight excluding hydrogens is 358 g/mol. The van der Waals surface area contributed by atoms with Gasteiger partial charge in [0.15, 0.2) is 0 Å². The number of benzene rings is 2. The Balaban J connectivity index is 1.38. The normalized spacial score (nSPS) is 14.3. The second kappa shape index (κ2) is 11.6. The van der Waals surface area contributed by atoms with Crippen molar-refractivity contribution in [2.45, 2.75) is 58.8 Å². The van der Waals surface area contributed by atoms with Crippen LogP contribution in [0.2, 0.25) is 0 Å².